The van der Waals surface area contributed by atoms with Gasteiger partial charge < -0.3 is 5.32 Å². The predicted molar refractivity (Wildman–Crippen MR) is 76.6 cm³/mol. The zero-order chi connectivity index (χ0) is 11.4. The molecule has 2 aliphatic rings. The smallest absolute Gasteiger partial charge is 0.157 e. The Kier molecular flexibility index (Phi) is 4.89. The molecule has 0 aromatic heterocycles. The summed E-state index contributed by atoms with van der Waals surface area (Å²) >= 11 is 3.99. The molecular weight excluding hydrogens is 236 g/mol. The van der Waals surface area contributed by atoms with Crippen molar-refractivity contribution in [3.63, 3.8) is 0 Å². The van der Waals surface area contributed by atoms with Crippen LogP contribution in [0.25, 0.3) is 0 Å². The van der Waals surface area contributed by atoms with Gasteiger partial charge in [0.25, 0.3) is 0 Å². The second kappa shape index (κ2) is 6.20. The first kappa shape index (κ1) is 12.6. The minimum absolute atomic E-state index is 0.559. The van der Waals surface area contributed by atoms with E-state index >= 15 is 0 Å². The van der Waals surface area contributed by atoms with Crippen molar-refractivity contribution in [2.45, 2.75) is 45.2 Å². The second-order valence-electron chi connectivity index (χ2n) is 5.09. The molecule has 1 fully saturated rings. The topological polar surface area (TPSA) is 24.4 Å². The van der Waals surface area contributed by atoms with E-state index < -0.39 is 0 Å². The molecule has 2 rings (SSSR count). The highest BCUT2D eigenvalue weighted by Crippen LogP contribution is 2.24. The van der Waals surface area contributed by atoms with Crippen molar-refractivity contribution in [1.82, 2.24) is 5.32 Å². The van der Waals surface area contributed by atoms with Gasteiger partial charge >= 0.3 is 0 Å². The number of hydrogen-bond acceptors (Lipinski definition) is 4. The fourth-order valence-electron chi connectivity index (χ4n) is 2.19. The van der Waals surface area contributed by atoms with Crippen LogP contribution in [0, 0.1) is 5.92 Å². The minimum atomic E-state index is 0.559. The van der Waals surface area contributed by atoms with Gasteiger partial charge in [0.2, 0.25) is 0 Å². The van der Waals surface area contributed by atoms with Crippen LogP contribution < -0.4 is 5.32 Å². The second-order valence-corrected chi connectivity index (χ2v) is 7.25. The molecule has 2 unspecified atom stereocenters. The van der Waals surface area contributed by atoms with Crippen LogP contribution in [0.15, 0.2) is 4.99 Å². The monoisotopic (exact) mass is 258 g/mol. The quantitative estimate of drug-likeness (QED) is 0.842. The minimum Gasteiger partial charge on any atom is -0.361 e. The van der Waals surface area contributed by atoms with E-state index in [4.69, 9.17) is 4.99 Å². The molecule has 0 amide bonds. The third-order valence-electron chi connectivity index (χ3n) is 2.94. The summed E-state index contributed by atoms with van der Waals surface area (Å²) in [6.07, 6.45) is 3.91. The summed E-state index contributed by atoms with van der Waals surface area (Å²) in [5, 5.41) is 4.82. The molecule has 0 aliphatic carbocycles. The molecule has 0 bridgehead atoms. The predicted octanol–water partition coefficient (Wildman–Crippen LogP) is 2.99. The van der Waals surface area contributed by atoms with Gasteiger partial charge in [0.05, 0.1) is 6.04 Å². The highest BCUT2D eigenvalue weighted by atomic mass is 32.2. The van der Waals surface area contributed by atoms with Crippen LogP contribution in [-0.4, -0.2) is 34.5 Å². The van der Waals surface area contributed by atoms with E-state index in [1.807, 2.05) is 11.8 Å². The van der Waals surface area contributed by atoms with E-state index in [-0.39, 0.29) is 0 Å². The molecular formula is C12H22N2S2. The highest BCUT2D eigenvalue weighted by Gasteiger charge is 2.22. The molecule has 2 atom stereocenters. The largest absolute Gasteiger partial charge is 0.361 e. The zero-order valence-corrected chi connectivity index (χ0v) is 11.9. The van der Waals surface area contributed by atoms with Crippen molar-refractivity contribution >= 4 is 28.7 Å². The summed E-state index contributed by atoms with van der Waals surface area (Å²) in [5.74, 6) is 4.54. The van der Waals surface area contributed by atoms with E-state index in [1.54, 1.807) is 0 Å². The van der Waals surface area contributed by atoms with E-state index in [0.29, 0.717) is 12.1 Å². The van der Waals surface area contributed by atoms with Gasteiger partial charge in [-0.05, 0) is 30.9 Å². The van der Waals surface area contributed by atoms with Crippen molar-refractivity contribution < 1.29 is 0 Å². The Morgan fingerprint density at radius 2 is 2.31 bits per heavy atom. The number of aliphatic imine (C=N–C) groups is 1. The molecule has 0 saturated carbocycles. The number of rotatable bonds is 3. The van der Waals surface area contributed by atoms with Crippen LogP contribution in [0.5, 0.6) is 0 Å². The van der Waals surface area contributed by atoms with E-state index in [9.17, 15) is 0 Å². The van der Waals surface area contributed by atoms with Crippen molar-refractivity contribution in [3.05, 3.63) is 0 Å². The van der Waals surface area contributed by atoms with Gasteiger partial charge in [-0.15, -0.1) is 0 Å². The molecule has 1 N–H and O–H groups in total. The van der Waals surface area contributed by atoms with Gasteiger partial charge in [-0.2, -0.15) is 11.8 Å². The van der Waals surface area contributed by atoms with Gasteiger partial charge in [0.1, 0.15) is 0 Å². The maximum Gasteiger partial charge on any atom is 0.157 e. The first-order valence-corrected chi connectivity index (χ1v) is 8.43. The molecule has 1 saturated heterocycles. The maximum absolute atomic E-state index is 4.78. The fraction of sp³-hybridized carbons (Fsp3) is 0.917. The lowest BCUT2D eigenvalue weighted by atomic mass is 10.1. The Bertz CT molecular complexity index is 247. The number of thioether (sulfide) groups is 2. The summed E-state index contributed by atoms with van der Waals surface area (Å²) in [7, 11) is 0. The van der Waals surface area contributed by atoms with E-state index in [1.165, 1.54) is 41.7 Å². The third-order valence-corrected chi connectivity index (χ3v) is 5.21. The first-order valence-electron chi connectivity index (χ1n) is 6.29. The van der Waals surface area contributed by atoms with E-state index in [2.05, 4.69) is 30.9 Å². The van der Waals surface area contributed by atoms with Gasteiger partial charge in [0.15, 0.2) is 5.17 Å². The van der Waals surface area contributed by atoms with Gasteiger partial charge in [-0.25, -0.2) is 0 Å². The average molecular weight is 258 g/mol. The summed E-state index contributed by atoms with van der Waals surface area (Å²) in [4.78, 5) is 4.78. The van der Waals surface area contributed by atoms with Crippen LogP contribution in [-0.2, 0) is 0 Å². The van der Waals surface area contributed by atoms with Crippen LogP contribution in [0.1, 0.15) is 33.1 Å². The van der Waals surface area contributed by atoms with E-state index in [0.717, 1.165) is 5.92 Å². The van der Waals surface area contributed by atoms with Gasteiger partial charge in [0, 0.05) is 17.5 Å². The Hall–Kier alpha value is 0.170. The molecule has 0 aromatic rings. The van der Waals surface area contributed by atoms with Crippen molar-refractivity contribution in [3.8, 4) is 0 Å². The third kappa shape index (κ3) is 3.88. The number of hydrogen-bond donors (Lipinski definition) is 1. The summed E-state index contributed by atoms with van der Waals surface area (Å²) in [5.41, 5.74) is 0. The van der Waals surface area contributed by atoms with Crippen LogP contribution in [0.2, 0.25) is 0 Å². The van der Waals surface area contributed by atoms with Gasteiger partial charge in [-0.3, -0.25) is 4.99 Å². The average Bonchev–Trinajstić information content (AvgIpc) is 2.66. The fourth-order valence-corrected chi connectivity index (χ4v) is 4.29. The molecule has 2 aliphatic heterocycles. The summed E-state index contributed by atoms with van der Waals surface area (Å²) < 4.78 is 0. The molecule has 2 nitrogen and oxygen atoms in total. The molecule has 4 heteroatoms. The lowest BCUT2D eigenvalue weighted by molar-refractivity contribution is 0.527. The maximum atomic E-state index is 4.78. The lowest BCUT2D eigenvalue weighted by Gasteiger charge is -2.22. The Labute approximate surface area is 107 Å². The number of amidine groups is 1. The number of nitrogens with zero attached hydrogens (tertiary/aromatic N) is 1. The highest BCUT2D eigenvalue weighted by molar-refractivity contribution is 8.14. The van der Waals surface area contributed by atoms with Crippen molar-refractivity contribution in [2.24, 2.45) is 10.9 Å². The molecule has 0 radical (unpaired) electrons. The van der Waals surface area contributed by atoms with Crippen molar-refractivity contribution in [1.29, 1.82) is 0 Å². The van der Waals surface area contributed by atoms with Crippen molar-refractivity contribution in [2.75, 3.05) is 17.3 Å². The molecule has 2 heterocycles. The van der Waals surface area contributed by atoms with Crippen LogP contribution in [0.3, 0.4) is 0 Å². The number of nitrogens with one attached hydrogen (secondary N) is 1. The standard InChI is InChI=1S/C12H22N2S2/c1-9(2)6-11-8-16-12(14-11)13-10-4-3-5-15-7-10/h9-11H,3-8H2,1-2H3,(H,13,14). The summed E-state index contributed by atoms with van der Waals surface area (Å²) in [6, 6.07) is 1.23. The molecule has 0 aromatic carbocycles. The van der Waals surface area contributed by atoms with Crippen LogP contribution in [0.4, 0.5) is 0 Å². The Balaban J connectivity index is 1.77. The summed E-state index contributed by atoms with van der Waals surface area (Å²) in [6.45, 7) is 4.56. The zero-order valence-electron chi connectivity index (χ0n) is 10.2. The normalized spacial score (nSPS) is 30.6. The van der Waals surface area contributed by atoms with Crippen LogP contribution >= 0.6 is 23.5 Å². The molecule has 16 heavy (non-hydrogen) atoms. The first-order chi connectivity index (χ1) is 7.74. The molecule has 92 valence electrons. The molecule has 0 spiro atoms. The Morgan fingerprint density at radius 3 is 3.00 bits per heavy atom. The Morgan fingerprint density at radius 1 is 1.44 bits per heavy atom. The van der Waals surface area contributed by atoms with Gasteiger partial charge in [-0.1, -0.05) is 25.6 Å². The SMILES string of the molecule is CC(C)CC1CSC(NC2CCCSC2)=N1. The lowest BCUT2D eigenvalue weighted by Crippen LogP contribution is -2.36.